The summed E-state index contributed by atoms with van der Waals surface area (Å²) in [6.07, 6.45) is 0. The number of rotatable bonds is 3. The van der Waals surface area contributed by atoms with Gasteiger partial charge in [0, 0.05) is 5.56 Å². The van der Waals surface area contributed by atoms with Crippen LogP contribution in [0.4, 0.5) is 0 Å². The Morgan fingerprint density at radius 3 is 2.25 bits per heavy atom. The van der Waals surface area contributed by atoms with Crippen LogP contribution in [0, 0.1) is 0 Å². The van der Waals surface area contributed by atoms with Gasteiger partial charge in [-0.1, -0.05) is 48.5 Å². The Kier molecular flexibility index (Phi) is 3.30. The van der Waals surface area contributed by atoms with Crippen molar-refractivity contribution < 1.29 is 14.0 Å². The van der Waals surface area contributed by atoms with Crippen molar-refractivity contribution in [2.45, 2.75) is 0 Å². The molecule has 3 nitrogen and oxygen atoms in total. The van der Waals surface area contributed by atoms with Crippen molar-refractivity contribution in [2.24, 2.45) is 0 Å². The molecule has 0 spiro atoms. The minimum absolute atomic E-state index is 0.352. The molecule has 0 radical (unpaired) electrons. The zero-order chi connectivity index (χ0) is 11.4. The summed E-state index contributed by atoms with van der Waals surface area (Å²) in [7, 11) is -2.88. The minimum Gasteiger partial charge on any atom is -0.558 e. The molecule has 0 aliphatic carbocycles. The van der Waals surface area contributed by atoms with E-state index in [2.05, 4.69) is 0 Å². The summed E-state index contributed by atoms with van der Waals surface area (Å²) in [5, 5.41) is 0. The fourth-order valence-electron chi connectivity index (χ4n) is 1.48. The lowest BCUT2D eigenvalue weighted by Gasteiger charge is -2.04. The summed E-state index contributed by atoms with van der Waals surface area (Å²) in [5.74, 6) is 0.352. The van der Waals surface area contributed by atoms with E-state index in [0.29, 0.717) is 5.75 Å². The third-order valence-corrected chi connectivity index (χ3v) is 2.49. The van der Waals surface area contributed by atoms with Crippen LogP contribution in [0.15, 0.2) is 54.6 Å². The van der Waals surface area contributed by atoms with Crippen LogP contribution in [-0.4, -0.2) is 0 Å². The molecule has 2 rings (SSSR count). The molecule has 4 heteroatoms. The van der Waals surface area contributed by atoms with E-state index in [1.54, 1.807) is 12.1 Å². The summed E-state index contributed by atoms with van der Waals surface area (Å²) in [5.41, 5.74) is 1.69. The summed E-state index contributed by atoms with van der Waals surface area (Å²) in [4.78, 5) is 10.6. The molecule has 0 saturated heterocycles. The normalized spacial score (nSPS) is 10.9. The van der Waals surface area contributed by atoms with Gasteiger partial charge in [-0.05, 0) is 16.2 Å². The van der Waals surface area contributed by atoms with Gasteiger partial charge in [0.1, 0.15) is 0 Å². The monoisotopic (exact) mass is 232 g/mol. The number of hydrogen-bond donors (Lipinski definition) is 0. The molecule has 0 heterocycles. The van der Waals surface area contributed by atoms with E-state index in [0.717, 1.165) is 11.1 Å². The fourth-order valence-corrected chi connectivity index (χ4v) is 1.80. The molecule has 16 heavy (non-hydrogen) atoms. The lowest BCUT2D eigenvalue weighted by molar-refractivity contribution is -0.178. The Hall–Kier alpha value is -1.70. The second kappa shape index (κ2) is 4.88. The van der Waals surface area contributed by atoms with E-state index >= 15 is 0 Å². The first-order valence-corrected chi connectivity index (χ1v) is 5.84. The van der Waals surface area contributed by atoms with Gasteiger partial charge in [0.05, 0.1) is 0 Å². The first-order valence-electron chi connectivity index (χ1n) is 4.74. The summed E-state index contributed by atoms with van der Waals surface area (Å²) >= 11 is 0. The SMILES string of the molecule is O=[P+]([O-])Oc1ccccc1-c1ccccc1. The van der Waals surface area contributed by atoms with Crippen molar-refractivity contribution in [1.82, 2.24) is 0 Å². The van der Waals surface area contributed by atoms with Crippen molar-refractivity contribution in [2.75, 3.05) is 0 Å². The predicted octanol–water partition coefficient (Wildman–Crippen LogP) is 2.75. The first-order chi connectivity index (χ1) is 7.77. The van der Waals surface area contributed by atoms with E-state index in [1.807, 2.05) is 42.5 Å². The summed E-state index contributed by atoms with van der Waals surface area (Å²) < 4.78 is 15.3. The topological polar surface area (TPSA) is 49.4 Å². The van der Waals surface area contributed by atoms with Gasteiger partial charge in [-0.3, -0.25) is 4.52 Å². The average Bonchev–Trinajstić information content (AvgIpc) is 2.30. The molecular formula is C12H9O3P. The van der Waals surface area contributed by atoms with Gasteiger partial charge in [-0.25, -0.2) is 0 Å². The van der Waals surface area contributed by atoms with E-state index in [4.69, 9.17) is 4.52 Å². The molecule has 2 aromatic carbocycles. The van der Waals surface area contributed by atoms with Gasteiger partial charge < -0.3 is 4.89 Å². The Morgan fingerprint density at radius 1 is 0.938 bits per heavy atom. The van der Waals surface area contributed by atoms with Gasteiger partial charge in [0.15, 0.2) is 5.75 Å². The highest BCUT2D eigenvalue weighted by Crippen LogP contribution is 2.32. The smallest absolute Gasteiger partial charge is 0.539 e. The first kappa shape index (κ1) is 10.8. The summed E-state index contributed by atoms with van der Waals surface area (Å²) in [6, 6.07) is 16.5. The van der Waals surface area contributed by atoms with Crippen LogP contribution in [0.3, 0.4) is 0 Å². The predicted molar refractivity (Wildman–Crippen MR) is 60.1 cm³/mol. The van der Waals surface area contributed by atoms with E-state index in [9.17, 15) is 9.46 Å². The average molecular weight is 232 g/mol. The highest BCUT2D eigenvalue weighted by atomic mass is 31.1. The molecule has 80 valence electrons. The molecule has 0 bridgehead atoms. The molecule has 0 aromatic heterocycles. The third kappa shape index (κ3) is 2.45. The lowest BCUT2D eigenvalue weighted by atomic mass is 10.1. The van der Waals surface area contributed by atoms with E-state index in [1.165, 1.54) is 0 Å². The van der Waals surface area contributed by atoms with Crippen molar-refractivity contribution >= 4 is 8.25 Å². The van der Waals surface area contributed by atoms with Gasteiger partial charge in [0.25, 0.3) is 0 Å². The van der Waals surface area contributed by atoms with Crippen LogP contribution < -0.4 is 9.42 Å². The maximum atomic E-state index is 10.6. The highest BCUT2D eigenvalue weighted by Gasteiger charge is 2.11. The second-order valence-corrected chi connectivity index (χ2v) is 3.81. The van der Waals surface area contributed by atoms with Crippen LogP contribution in [0.1, 0.15) is 0 Å². The molecule has 0 amide bonds. The fraction of sp³-hybridized carbons (Fsp3) is 0. The van der Waals surface area contributed by atoms with Gasteiger partial charge >= 0.3 is 8.25 Å². The zero-order valence-electron chi connectivity index (χ0n) is 8.37. The van der Waals surface area contributed by atoms with Crippen LogP contribution >= 0.6 is 8.25 Å². The molecule has 0 fully saturated rings. The van der Waals surface area contributed by atoms with E-state index in [-0.39, 0.29) is 0 Å². The summed E-state index contributed by atoms with van der Waals surface area (Å²) in [6.45, 7) is 0. The van der Waals surface area contributed by atoms with Gasteiger partial charge in [-0.15, -0.1) is 0 Å². The van der Waals surface area contributed by atoms with Gasteiger partial charge in [-0.2, -0.15) is 0 Å². The molecule has 0 aliphatic rings. The van der Waals surface area contributed by atoms with Crippen molar-refractivity contribution in [3.8, 4) is 16.9 Å². The largest absolute Gasteiger partial charge is 0.558 e. The number of hydrogen-bond acceptors (Lipinski definition) is 3. The Balaban J connectivity index is 2.44. The molecule has 0 aliphatic heterocycles. The van der Waals surface area contributed by atoms with Crippen molar-refractivity contribution in [3.05, 3.63) is 54.6 Å². The molecule has 1 atom stereocenters. The van der Waals surface area contributed by atoms with Crippen molar-refractivity contribution in [1.29, 1.82) is 0 Å². The Bertz CT molecular complexity index is 497. The Morgan fingerprint density at radius 2 is 1.56 bits per heavy atom. The van der Waals surface area contributed by atoms with Crippen LogP contribution in [0.25, 0.3) is 11.1 Å². The zero-order valence-corrected chi connectivity index (χ0v) is 9.26. The number of benzene rings is 2. The minimum atomic E-state index is -2.88. The second-order valence-electron chi connectivity index (χ2n) is 3.18. The third-order valence-electron chi connectivity index (χ3n) is 2.14. The maximum absolute atomic E-state index is 10.6. The molecule has 1 unspecified atom stereocenters. The Labute approximate surface area is 94.3 Å². The highest BCUT2D eigenvalue weighted by molar-refractivity contribution is 7.31. The molecule has 0 saturated carbocycles. The van der Waals surface area contributed by atoms with Crippen LogP contribution in [-0.2, 0) is 4.57 Å². The van der Waals surface area contributed by atoms with Crippen LogP contribution in [0.2, 0.25) is 0 Å². The van der Waals surface area contributed by atoms with Crippen molar-refractivity contribution in [3.63, 3.8) is 0 Å². The molecular weight excluding hydrogens is 223 g/mol. The lowest BCUT2D eigenvalue weighted by Crippen LogP contribution is -1.94. The quantitative estimate of drug-likeness (QED) is 0.764. The standard InChI is InChI=1S/C12H9O3P/c13-16(14)15-12-9-5-4-8-11(12)10-6-2-1-3-7-10/h1-9H. The number of para-hydroxylation sites is 1. The maximum Gasteiger partial charge on any atom is 0.539 e. The molecule has 2 aromatic rings. The van der Waals surface area contributed by atoms with E-state index < -0.39 is 8.25 Å². The van der Waals surface area contributed by atoms with Gasteiger partial charge in [0.2, 0.25) is 0 Å². The molecule has 0 N–H and O–H groups in total. The van der Waals surface area contributed by atoms with Crippen LogP contribution in [0.5, 0.6) is 5.75 Å².